The summed E-state index contributed by atoms with van der Waals surface area (Å²) < 4.78 is 38.6. The molecule has 3 aromatic rings. The lowest BCUT2D eigenvalue weighted by molar-refractivity contribution is -0.118. The van der Waals surface area contributed by atoms with Gasteiger partial charge in [-0.25, -0.2) is 8.42 Å². The maximum atomic E-state index is 13.3. The lowest BCUT2D eigenvalue weighted by atomic mass is 10.0. The smallest absolute Gasteiger partial charge is 0.264 e. The van der Waals surface area contributed by atoms with Crippen LogP contribution in [0, 0.1) is 6.92 Å². The number of anilines is 2. The zero-order valence-corrected chi connectivity index (χ0v) is 19.4. The third-order valence-corrected chi connectivity index (χ3v) is 7.27. The average molecular weight is 467 g/mol. The van der Waals surface area contributed by atoms with Gasteiger partial charge in [0.15, 0.2) is 6.61 Å². The van der Waals surface area contributed by atoms with Crippen LogP contribution in [-0.4, -0.2) is 34.6 Å². The summed E-state index contributed by atoms with van der Waals surface area (Å²) in [6.07, 6.45) is 1.42. The molecule has 4 rings (SSSR count). The summed E-state index contributed by atoms with van der Waals surface area (Å²) in [4.78, 5) is 12.6. The Hall–Kier alpha value is -3.52. The third kappa shape index (κ3) is 5.12. The van der Waals surface area contributed by atoms with Crippen molar-refractivity contribution in [3.05, 3.63) is 77.9 Å². The first-order chi connectivity index (χ1) is 15.9. The van der Waals surface area contributed by atoms with E-state index in [0.717, 1.165) is 17.5 Å². The molecule has 3 aromatic carbocycles. The highest BCUT2D eigenvalue weighted by Gasteiger charge is 2.29. The number of hydrogen-bond donors (Lipinski definition) is 1. The van der Waals surface area contributed by atoms with Gasteiger partial charge in [0, 0.05) is 12.2 Å². The van der Waals surface area contributed by atoms with Gasteiger partial charge in [-0.1, -0.05) is 12.1 Å². The van der Waals surface area contributed by atoms with Crippen molar-refractivity contribution in [3.63, 3.8) is 0 Å². The summed E-state index contributed by atoms with van der Waals surface area (Å²) in [5, 5.41) is 2.83. The van der Waals surface area contributed by atoms with Crippen LogP contribution in [0.15, 0.2) is 71.6 Å². The molecule has 1 N–H and O–H groups in total. The van der Waals surface area contributed by atoms with Crippen molar-refractivity contribution in [2.24, 2.45) is 0 Å². The first-order valence-electron chi connectivity index (χ1n) is 10.7. The number of fused-ring (bicyclic) bond motifs is 1. The highest BCUT2D eigenvalue weighted by Crippen LogP contribution is 2.34. The number of benzene rings is 3. The molecule has 0 fully saturated rings. The predicted molar refractivity (Wildman–Crippen MR) is 128 cm³/mol. The molecule has 0 aromatic heterocycles. The number of nitrogens with one attached hydrogen (secondary N) is 1. The topological polar surface area (TPSA) is 84.9 Å². The Balaban J connectivity index is 1.48. The summed E-state index contributed by atoms with van der Waals surface area (Å²) in [5.41, 5.74) is 3.16. The zero-order valence-electron chi connectivity index (χ0n) is 18.6. The number of aryl methyl sites for hydroxylation is 2. The largest absolute Gasteiger partial charge is 0.497 e. The number of carbonyl (C=O) groups is 1. The number of methoxy groups -OCH3 is 1. The van der Waals surface area contributed by atoms with Gasteiger partial charge in [0.2, 0.25) is 0 Å². The lowest BCUT2D eigenvalue weighted by Crippen LogP contribution is -2.35. The van der Waals surface area contributed by atoms with Crippen molar-refractivity contribution < 1.29 is 22.7 Å². The maximum Gasteiger partial charge on any atom is 0.264 e. The van der Waals surface area contributed by atoms with Crippen molar-refractivity contribution in [3.8, 4) is 11.5 Å². The Morgan fingerprint density at radius 2 is 1.82 bits per heavy atom. The van der Waals surface area contributed by atoms with E-state index in [2.05, 4.69) is 5.32 Å². The molecule has 7 nitrogen and oxygen atoms in total. The van der Waals surface area contributed by atoms with Crippen molar-refractivity contribution in [2.45, 2.75) is 24.7 Å². The van der Waals surface area contributed by atoms with Crippen LogP contribution in [0.1, 0.15) is 17.5 Å². The van der Waals surface area contributed by atoms with Crippen LogP contribution < -0.4 is 19.1 Å². The Morgan fingerprint density at radius 3 is 2.55 bits per heavy atom. The SMILES string of the molecule is COc1ccc(S(=O)(=O)N2CCCc3cc(NC(=O)COc4cccc(C)c4)ccc32)cc1. The Kier molecular flexibility index (Phi) is 6.55. The van der Waals surface area contributed by atoms with Crippen LogP contribution in [0.4, 0.5) is 11.4 Å². The van der Waals surface area contributed by atoms with E-state index in [9.17, 15) is 13.2 Å². The first kappa shape index (κ1) is 22.7. The summed E-state index contributed by atoms with van der Waals surface area (Å²) >= 11 is 0. The Morgan fingerprint density at radius 1 is 1.03 bits per heavy atom. The van der Waals surface area contributed by atoms with E-state index in [1.165, 1.54) is 11.4 Å². The zero-order chi connectivity index (χ0) is 23.4. The second-order valence-corrected chi connectivity index (χ2v) is 9.72. The molecule has 33 heavy (non-hydrogen) atoms. The monoisotopic (exact) mass is 466 g/mol. The summed E-state index contributed by atoms with van der Waals surface area (Å²) in [6, 6.07) is 19.1. The van der Waals surface area contributed by atoms with E-state index in [1.807, 2.05) is 31.2 Å². The van der Waals surface area contributed by atoms with Crippen LogP contribution in [0.3, 0.4) is 0 Å². The molecule has 0 saturated heterocycles. The van der Waals surface area contributed by atoms with E-state index < -0.39 is 10.0 Å². The highest BCUT2D eigenvalue weighted by molar-refractivity contribution is 7.92. The Labute approximate surface area is 194 Å². The molecule has 0 atom stereocenters. The normalized spacial score (nSPS) is 13.2. The fraction of sp³-hybridized carbons (Fsp3) is 0.240. The van der Waals surface area contributed by atoms with Gasteiger partial charge in [0.25, 0.3) is 15.9 Å². The molecular weight excluding hydrogens is 440 g/mol. The van der Waals surface area contributed by atoms with Crippen LogP contribution in [0.2, 0.25) is 0 Å². The van der Waals surface area contributed by atoms with Crippen molar-refractivity contribution >= 4 is 27.3 Å². The van der Waals surface area contributed by atoms with Crippen LogP contribution in [-0.2, 0) is 21.2 Å². The van der Waals surface area contributed by atoms with E-state index in [4.69, 9.17) is 9.47 Å². The molecule has 0 radical (unpaired) electrons. The van der Waals surface area contributed by atoms with E-state index in [1.54, 1.807) is 42.5 Å². The summed E-state index contributed by atoms with van der Waals surface area (Å²) in [7, 11) is -2.17. The quantitative estimate of drug-likeness (QED) is 0.565. The number of amides is 1. The fourth-order valence-electron chi connectivity index (χ4n) is 3.82. The first-order valence-corrected chi connectivity index (χ1v) is 12.1. The highest BCUT2D eigenvalue weighted by atomic mass is 32.2. The van der Waals surface area contributed by atoms with Gasteiger partial charge < -0.3 is 14.8 Å². The van der Waals surface area contributed by atoms with Gasteiger partial charge in [-0.3, -0.25) is 9.10 Å². The maximum absolute atomic E-state index is 13.3. The van der Waals surface area contributed by atoms with Gasteiger partial charge in [0.1, 0.15) is 11.5 Å². The number of ether oxygens (including phenoxy) is 2. The predicted octanol–water partition coefficient (Wildman–Crippen LogP) is 4.16. The number of hydrogen-bond acceptors (Lipinski definition) is 5. The van der Waals surface area contributed by atoms with E-state index in [-0.39, 0.29) is 17.4 Å². The number of carbonyl (C=O) groups excluding carboxylic acids is 1. The number of rotatable bonds is 7. The third-order valence-electron chi connectivity index (χ3n) is 5.45. The van der Waals surface area contributed by atoms with Crippen molar-refractivity contribution in [2.75, 3.05) is 29.9 Å². The molecule has 1 amide bonds. The van der Waals surface area contributed by atoms with Gasteiger partial charge in [-0.2, -0.15) is 0 Å². The van der Waals surface area contributed by atoms with Gasteiger partial charge in [0.05, 0.1) is 17.7 Å². The number of nitrogens with zero attached hydrogens (tertiary/aromatic N) is 1. The van der Waals surface area contributed by atoms with Crippen molar-refractivity contribution in [1.82, 2.24) is 0 Å². The summed E-state index contributed by atoms with van der Waals surface area (Å²) in [6.45, 7) is 2.24. The summed E-state index contributed by atoms with van der Waals surface area (Å²) in [5.74, 6) is 0.949. The second kappa shape index (κ2) is 9.54. The molecule has 1 aliphatic heterocycles. The molecule has 0 saturated carbocycles. The minimum absolute atomic E-state index is 0.113. The molecule has 0 bridgehead atoms. The minimum Gasteiger partial charge on any atom is -0.497 e. The lowest BCUT2D eigenvalue weighted by Gasteiger charge is -2.31. The van der Waals surface area contributed by atoms with Gasteiger partial charge in [-0.15, -0.1) is 0 Å². The molecule has 1 aliphatic rings. The molecule has 8 heteroatoms. The molecular formula is C25H26N2O5S. The molecule has 0 spiro atoms. The van der Waals surface area contributed by atoms with Crippen LogP contribution in [0.25, 0.3) is 0 Å². The van der Waals surface area contributed by atoms with Crippen molar-refractivity contribution in [1.29, 1.82) is 0 Å². The van der Waals surface area contributed by atoms with Crippen LogP contribution >= 0.6 is 0 Å². The average Bonchev–Trinajstić information content (AvgIpc) is 2.82. The van der Waals surface area contributed by atoms with Gasteiger partial charge in [-0.05, 0) is 85.5 Å². The molecule has 0 aliphatic carbocycles. The molecule has 1 heterocycles. The second-order valence-electron chi connectivity index (χ2n) is 7.85. The fourth-order valence-corrected chi connectivity index (χ4v) is 5.36. The van der Waals surface area contributed by atoms with E-state index in [0.29, 0.717) is 35.8 Å². The minimum atomic E-state index is -3.71. The molecule has 172 valence electrons. The Bertz CT molecular complexity index is 1260. The van der Waals surface area contributed by atoms with E-state index >= 15 is 0 Å². The van der Waals surface area contributed by atoms with Gasteiger partial charge >= 0.3 is 0 Å². The van der Waals surface area contributed by atoms with Crippen LogP contribution in [0.5, 0.6) is 11.5 Å². The standard InChI is InChI=1S/C25H26N2O5S/c1-18-5-3-7-22(15-18)32-17-25(28)26-20-8-13-24-19(16-20)6-4-14-27(24)33(29,30)23-11-9-21(31-2)10-12-23/h3,5,7-13,15-16H,4,6,14,17H2,1-2H3,(H,26,28). The molecule has 0 unspecified atom stereocenters. The number of sulfonamides is 1.